The maximum absolute atomic E-state index is 6.36. The second-order valence-corrected chi connectivity index (χ2v) is 15.5. The maximum Gasteiger partial charge on any atom is 0.238 e. The van der Waals surface area contributed by atoms with Crippen LogP contribution in [0.4, 0.5) is 17.3 Å². The third kappa shape index (κ3) is 4.17. The summed E-state index contributed by atoms with van der Waals surface area (Å²) in [7, 11) is 0. The van der Waals surface area contributed by atoms with Gasteiger partial charge in [0.05, 0.1) is 16.8 Å². The number of rotatable bonds is 4. The van der Waals surface area contributed by atoms with E-state index < -0.39 is 5.41 Å². The third-order valence-electron chi connectivity index (χ3n) is 12.6. The molecule has 0 radical (unpaired) electrons. The maximum atomic E-state index is 6.36. The van der Waals surface area contributed by atoms with Gasteiger partial charge < -0.3 is 4.42 Å². The van der Waals surface area contributed by atoms with Crippen LogP contribution in [0.3, 0.4) is 0 Å². The van der Waals surface area contributed by atoms with E-state index >= 15 is 0 Å². The molecule has 0 fully saturated rings. The Kier molecular flexibility index (Phi) is 6.37. The average molecular weight is 741 g/mol. The lowest BCUT2D eigenvalue weighted by Crippen LogP contribution is -2.47. The van der Waals surface area contributed by atoms with E-state index in [4.69, 9.17) is 19.4 Å². The Labute approximate surface area is 334 Å². The molecule has 0 unspecified atom stereocenters. The van der Waals surface area contributed by atoms with E-state index in [0.717, 1.165) is 50.0 Å². The number of anilines is 3. The van der Waals surface area contributed by atoms with E-state index in [-0.39, 0.29) is 5.92 Å². The monoisotopic (exact) mass is 740 g/mol. The number of para-hydroxylation sites is 1. The fourth-order valence-corrected chi connectivity index (χ4v) is 10.3. The highest BCUT2D eigenvalue weighted by Crippen LogP contribution is 2.68. The van der Waals surface area contributed by atoms with Crippen LogP contribution in [-0.2, 0) is 5.41 Å². The number of hydrogen-bond donors (Lipinski definition) is 0. The number of fused-ring (bicyclic) bond motifs is 4. The summed E-state index contributed by atoms with van der Waals surface area (Å²) in [6, 6.07) is 67.3. The van der Waals surface area contributed by atoms with E-state index in [0.29, 0.717) is 17.6 Å². The first-order valence-corrected chi connectivity index (χ1v) is 19.8. The molecular weight excluding hydrogens is 709 g/mol. The number of hydrogen-bond acceptors (Lipinski definition) is 5. The highest BCUT2D eigenvalue weighted by Gasteiger charge is 2.57. The fourth-order valence-electron chi connectivity index (χ4n) is 10.3. The van der Waals surface area contributed by atoms with Crippen molar-refractivity contribution < 1.29 is 4.42 Å². The molecule has 10 aromatic rings. The molecule has 3 aliphatic carbocycles. The van der Waals surface area contributed by atoms with Gasteiger partial charge in [0, 0.05) is 27.8 Å². The van der Waals surface area contributed by atoms with Gasteiger partial charge in [0.25, 0.3) is 0 Å². The molecule has 2 bridgehead atoms. The SMILES string of the molecule is c1ccc(-c2ccc3c(c2)C24c5ccccc5C(c5ccccc52)c2cccc(c24)N3c2nc(-c3ccccc3)nc(-c3ccc4c(c3)oc3ccccc34)n2)cc1. The zero-order valence-electron chi connectivity index (χ0n) is 31.2. The van der Waals surface area contributed by atoms with Gasteiger partial charge in [-0.15, -0.1) is 0 Å². The summed E-state index contributed by atoms with van der Waals surface area (Å²) < 4.78 is 6.36. The summed E-state index contributed by atoms with van der Waals surface area (Å²) in [4.78, 5) is 18.2. The Hall–Kier alpha value is -7.63. The van der Waals surface area contributed by atoms with Crippen molar-refractivity contribution in [1.29, 1.82) is 0 Å². The molecule has 1 spiro atoms. The van der Waals surface area contributed by atoms with Crippen molar-refractivity contribution in [3.8, 4) is 33.9 Å². The number of benzene rings is 8. The van der Waals surface area contributed by atoms with E-state index in [1.807, 2.05) is 36.4 Å². The van der Waals surface area contributed by atoms with Crippen LogP contribution in [0.2, 0.25) is 0 Å². The minimum Gasteiger partial charge on any atom is -0.456 e. The lowest BCUT2D eigenvalue weighted by molar-refractivity contribution is 0.621. The zero-order chi connectivity index (χ0) is 38.0. The molecule has 5 nitrogen and oxygen atoms in total. The standard InChI is InChI=1S/C53H32N4O/c1-3-14-32(15-4-1)34-27-29-44-43(30-34)53-41-22-10-7-19-38(41)48(39-20-8-11-23-42(39)53)40-21-13-24-45(49(40)53)57(44)52-55-50(33-16-5-2-6-17-33)54-51(56-52)35-26-28-37-36-18-9-12-25-46(36)58-47(37)31-35/h1-31,48H. The largest absolute Gasteiger partial charge is 0.456 e. The van der Waals surface area contributed by atoms with Gasteiger partial charge in [-0.05, 0) is 86.5 Å². The molecule has 1 aliphatic heterocycles. The van der Waals surface area contributed by atoms with Gasteiger partial charge in [-0.3, -0.25) is 4.90 Å². The smallest absolute Gasteiger partial charge is 0.238 e. The molecule has 58 heavy (non-hydrogen) atoms. The van der Waals surface area contributed by atoms with Crippen molar-refractivity contribution in [2.45, 2.75) is 11.3 Å². The highest BCUT2D eigenvalue weighted by atomic mass is 16.3. The first-order chi connectivity index (χ1) is 28.8. The van der Waals surface area contributed by atoms with Gasteiger partial charge in [-0.25, -0.2) is 4.98 Å². The first kappa shape index (κ1) is 31.6. The van der Waals surface area contributed by atoms with Gasteiger partial charge >= 0.3 is 0 Å². The lowest BCUT2D eigenvalue weighted by atomic mass is 9.49. The summed E-state index contributed by atoms with van der Waals surface area (Å²) in [5.74, 6) is 1.86. The van der Waals surface area contributed by atoms with Crippen LogP contribution in [0.1, 0.15) is 44.9 Å². The molecule has 5 heteroatoms. The summed E-state index contributed by atoms with van der Waals surface area (Å²) in [5.41, 5.74) is 16.6. The fraction of sp³-hybridized carbons (Fsp3) is 0.0377. The first-order valence-electron chi connectivity index (χ1n) is 19.8. The van der Waals surface area contributed by atoms with E-state index in [9.17, 15) is 0 Å². The second kappa shape index (κ2) is 11.7. The molecule has 0 amide bonds. The lowest BCUT2D eigenvalue weighted by Gasteiger charge is -2.55. The van der Waals surface area contributed by atoms with Crippen LogP contribution < -0.4 is 4.90 Å². The van der Waals surface area contributed by atoms with Gasteiger partial charge in [0.15, 0.2) is 11.6 Å². The van der Waals surface area contributed by atoms with Gasteiger partial charge in [-0.2, -0.15) is 9.97 Å². The van der Waals surface area contributed by atoms with Crippen LogP contribution in [-0.4, -0.2) is 15.0 Å². The molecule has 8 aromatic carbocycles. The van der Waals surface area contributed by atoms with E-state index in [1.165, 1.54) is 44.5 Å². The van der Waals surface area contributed by atoms with Crippen molar-refractivity contribution in [2.75, 3.05) is 4.90 Å². The molecule has 2 aromatic heterocycles. The molecule has 4 aliphatic rings. The van der Waals surface area contributed by atoms with Gasteiger partial charge in [0.2, 0.25) is 5.95 Å². The average Bonchev–Trinajstić information content (AvgIpc) is 3.68. The van der Waals surface area contributed by atoms with Crippen LogP contribution in [0, 0.1) is 0 Å². The normalized spacial score (nSPS) is 16.8. The van der Waals surface area contributed by atoms with Crippen molar-refractivity contribution in [3.05, 3.63) is 227 Å². The minimum absolute atomic E-state index is 0.106. The quantitative estimate of drug-likeness (QED) is 0.180. The Morgan fingerprint density at radius 2 is 1.03 bits per heavy atom. The second-order valence-electron chi connectivity index (χ2n) is 15.5. The molecule has 270 valence electrons. The summed E-state index contributed by atoms with van der Waals surface area (Å²) in [6.45, 7) is 0. The van der Waals surface area contributed by atoms with E-state index in [1.54, 1.807) is 0 Å². The van der Waals surface area contributed by atoms with E-state index in [2.05, 4.69) is 157 Å². The predicted molar refractivity (Wildman–Crippen MR) is 231 cm³/mol. The van der Waals surface area contributed by atoms with Gasteiger partial charge in [-0.1, -0.05) is 152 Å². The molecule has 0 N–H and O–H groups in total. The van der Waals surface area contributed by atoms with Crippen molar-refractivity contribution in [1.82, 2.24) is 15.0 Å². The van der Waals surface area contributed by atoms with Crippen LogP contribution in [0.5, 0.6) is 0 Å². The molecule has 3 heterocycles. The van der Waals surface area contributed by atoms with Crippen LogP contribution >= 0.6 is 0 Å². The molecule has 0 atom stereocenters. The number of aromatic nitrogens is 3. The van der Waals surface area contributed by atoms with Crippen LogP contribution in [0.25, 0.3) is 55.8 Å². The molecular formula is C53H32N4O. The van der Waals surface area contributed by atoms with Gasteiger partial charge in [0.1, 0.15) is 11.2 Å². The molecule has 0 saturated carbocycles. The predicted octanol–water partition coefficient (Wildman–Crippen LogP) is 12.7. The Balaban J connectivity index is 1.12. The third-order valence-corrected chi connectivity index (χ3v) is 12.6. The molecule has 14 rings (SSSR count). The van der Waals surface area contributed by atoms with Crippen molar-refractivity contribution in [3.63, 3.8) is 0 Å². The highest BCUT2D eigenvalue weighted by molar-refractivity contribution is 6.05. The van der Waals surface area contributed by atoms with Crippen molar-refractivity contribution >= 4 is 39.3 Å². The Morgan fingerprint density at radius 3 is 1.81 bits per heavy atom. The Bertz CT molecular complexity index is 3270. The zero-order valence-corrected chi connectivity index (χ0v) is 31.2. The summed E-state index contributed by atoms with van der Waals surface area (Å²) in [6.07, 6.45) is 0. The number of nitrogens with zero attached hydrogens (tertiary/aromatic N) is 4. The number of furan rings is 1. The Morgan fingerprint density at radius 1 is 0.414 bits per heavy atom. The summed E-state index contributed by atoms with van der Waals surface area (Å²) >= 11 is 0. The topological polar surface area (TPSA) is 55.1 Å². The van der Waals surface area contributed by atoms with Crippen molar-refractivity contribution in [2.24, 2.45) is 0 Å². The summed E-state index contributed by atoms with van der Waals surface area (Å²) in [5, 5.41) is 2.15. The van der Waals surface area contributed by atoms with Crippen LogP contribution in [0.15, 0.2) is 192 Å². The minimum atomic E-state index is -0.561. The molecule has 0 saturated heterocycles.